The molecule has 2 rings (SSSR count). The van der Waals surface area contributed by atoms with Gasteiger partial charge in [0.1, 0.15) is 5.82 Å². The van der Waals surface area contributed by atoms with E-state index in [4.69, 9.17) is 10.6 Å². The van der Waals surface area contributed by atoms with Crippen LogP contribution < -0.4 is 0 Å². The van der Waals surface area contributed by atoms with Crippen LogP contribution in [0, 0.1) is 5.82 Å². The smallest absolute Gasteiger partial charge is 0.316 e. The van der Waals surface area contributed by atoms with E-state index in [2.05, 4.69) is 10.0 Å². The molecular formula is C17H12FN3O3. The minimum Gasteiger partial charge on any atom is -0.481 e. The van der Waals surface area contributed by atoms with E-state index in [0.717, 1.165) is 0 Å². The minimum atomic E-state index is -1.30. The highest BCUT2D eigenvalue weighted by atomic mass is 19.1. The number of hydrogen-bond donors (Lipinski definition) is 1. The lowest BCUT2D eigenvalue weighted by Gasteiger charge is -2.06. The zero-order valence-corrected chi connectivity index (χ0v) is 12.3. The summed E-state index contributed by atoms with van der Waals surface area (Å²) in [5.41, 5.74) is 9.76. The Bertz CT molecular complexity index is 821. The Balaban J connectivity index is 2.13. The number of benzene rings is 2. The lowest BCUT2D eigenvalue weighted by Crippen LogP contribution is -2.08. The molecule has 0 aliphatic heterocycles. The Morgan fingerprint density at radius 1 is 1.12 bits per heavy atom. The Morgan fingerprint density at radius 2 is 1.75 bits per heavy atom. The maximum absolute atomic E-state index is 12.8. The number of aliphatic carboxylic acids is 1. The first-order valence-electron chi connectivity index (χ1n) is 6.86. The molecule has 2 aromatic carbocycles. The summed E-state index contributed by atoms with van der Waals surface area (Å²) >= 11 is 0. The monoisotopic (exact) mass is 325 g/mol. The van der Waals surface area contributed by atoms with Crippen LogP contribution >= 0.6 is 0 Å². The number of allylic oxidation sites excluding steroid dienone is 1. The SMILES string of the molecule is [N-]=[N+]=NC(C(=O)O)c1ccc(C=CC(=O)c2ccc(F)cc2)cc1. The minimum absolute atomic E-state index is 0.281. The molecule has 0 aliphatic rings. The molecule has 0 spiro atoms. The van der Waals surface area contributed by atoms with E-state index in [9.17, 15) is 14.0 Å². The van der Waals surface area contributed by atoms with Crippen molar-refractivity contribution in [2.24, 2.45) is 5.11 Å². The van der Waals surface area contributed by atoms with Gasteiger partial charge in [-0.15, -0.1) is 0 Å². The number of ketones is 1. The predicted octanol–water partition coefficient (Wildman–Crippen LogP) is 4.16. The molecule has 0 amide bonds. The molecule has 1 N–H and O–H groups in total. The van der Waals surface area contributed by atoms with Crippen LogP contribution in [0.3, 0.4) is 0 Å². The van der Waals surface area contributed by atoms with Crippen LogP contribution in [0.1, 0.15) is 27.5 Å². The summed E-state index contributed by atoms with van der Waals surface area (Å²) in [5, 5.41) is 12.2. The van der Waals surface area contributed by atoms with Crippen molar-refractivity contribution in [1.82, 2.24) is 0 Å². The third-order valence-electron chi connectivity index (χ3n) is 3.21. The van der Waals surface area contributed by atoms with Crippen LogP contribution in [0.4, 0.5) is 4.39 Å². The lowest BCUT2D eigenvalue weighted by molar-refractivity contribution is -0.138. The number of azide groups is 1. The van der Waals surface area contributed by atoms with Gasteiger partial charge in [0, 0.05) is 10.5 Å². The highest BCUT2D eigenvalue weighted by Gasteiger charge is 2.17. The van der Waals surface area contributed by atoms with E-state index in [-0.39, 0.29) is 5.78 Å². The third-order valence-corrected chi connectivity index (χ3v) is 3.21. The second-order valence-corrected chi connectivity index (χ2v) is 4.82. The zero-order chi connectivity index (χ0) is 17.5. The Hall–Kier alpha value is -3.44. The molecule has 6 nitrogen and oxygen atoms in total. The molecular weight excluding hydrogens is 313 g/mol. The number of carboxylic acid groups (broad SMARTS) is 1. The Morgan fingerprint density at radius 3 is 2.29 bits per heavy atom. The van der Waals surface area contributed by atoms with Gasteiger partial charge < -0.3 is 5.11 Å². The van der Waals surface area contributed by atoms with Crippen LogP contribution in [-0.4, -0.2) is 16.9 Å². The fraction of sp³-hybridized carbons (Fsp3) is 0.0588. The summed E-state index contributed by atoms with van der Waals surface area (Å²) in [6.07, 6.45) is 2.89. The van der Waals surface area contributed by atoms with Gasteiger partial charge in [0.2, 0.25) is 0 Å². The first-order valence-corrected chi connectivity index (χ1v) is 6.86. The lowest BCUT2D eigenvalue weighted by atomic mass is 10.0. The highest BCUT2D eigenvalue weighted by molar-refractivity contribution is 6.06. The molecule has 1 atom stereocenters. The summed E-state index contributed by atoms with van der Waals surface area (Å²) in [6, 6.07) is 10.1. The van der Waals surface area contributed by atoms with Crippen LogP contribution in [0.15, 0.2) is 59.7 Å². The number of carbonyl (C=O) groups is 2. The molecule has 120 valence electrons. The maximum Gasteiger partial charge on any atom is 0.316 e. The normalized spacial score (nSPS) is 11.7. The molecule has 0 aliphatic carbocycles. The number of carboxylic acids is 1. The summed E-state index contributed by atoms with van der Waals surface area (Å²) in [7, 11) is 0. The van der Waals surface area contributed by atoms with E-state index in [1.54, 1.807) is 18.2 Å². The van der Waals surface area contributed by atoms with Crippen LogP contribution in [0.25, 0.3) is 16.5 Å². The summed E-state index contributed by atoms with van der Waals surface area (Å²) in [5.74, 6) is -1.95. The van der Waals surface area contributed by atoms with Crippen molar-refractivity contribution in [3.8, 4) is 0 Å². The van der Waals surface area contributed by atoms with Gasteiger partial charge in [0.05, 0.1) is 0 Å². The Labute approximate surface area is 136 Å². The van der Waals surface area contributed by atoms with Crippen molar-refractivity contribution in [3.05, 3.63) is 87.6 Å². The summed E-state index contributed by atoms with van der Waals surface area (Å²) in [4.78, 5) is 25.5. The number of hydrogen-bond acceptors (Lipinski definition) is 3. The number of nitrogens with zero attached hydrogens (tertiary/aromatic N) is 3. The van der Waals surface area contributed by atoms with E-state index in [0.29, 0.717) is 16.7 Å². The van der Waals surface area contributed by atoms with Gasteiger partial charge in [0.15, 0.2) is 11.8 Å². The fourth-order valence-electron chi connectivity index (χ4n) is 1.98. The average molecular weight is 325 g/mol. The predicted molar refractivity (Wildman–Crippen MR) is 85.7 cm³/mol. The molecule has 0 radical (unpaired) electrons. The molecule has 0 fully saturated rings. The van der Waals surface area contributed by atoms with Gasteiger partial charge >= 0.3 is 5.97 Å². The fourth-order valence-corrected chi connectivity index (χ4v) is 1.98. The van der Waals surface area contributed by atoms with Gasteiger partial charge in [0.25, 0.3) is 0 Å². The molecule has 24 heavy (non-hydrogen) atoms. The molecule has 0 aromatic heterocycles. The summed E-state index contributed by atoms with van der Waals surface area (Å²) < 4.78 is 12.8. The molecule has 2 aromatic rings. The summed E-state index contributed by atoms with van der Waals surface area (Å²) in [6.45, 7) is 0. The van der Waals surface area contributed by atoms with Crippen molar-refractivity contribution in [2.75, 3.05) is 0 Å². The Kier molecular flexibility index (Phi) is 5.44. The van der Waals surface area contributed by atoms with Crippen molar-refractivity contribution in [2.45, 2.75) is 6.04 Å². The number of carbonyl (C=O) groups excluding carboxylic acids is 1. The zero-order valence-electron chi connectivity index (χ0n) is 12.3. The van der Waals surface area contributed by atoms with E-state index >= 15 is 0 Å². The van der Waals surface area contributed by atoms with Gasteiger partial charge in [-0.25, -0.2) is 4.39 Å². The molecule has 0 heterocycles. The molecule has 1 unspecified atom stereocenters. The molecule has 7 heteroatoms. The maximum atomic E-state index is 12.8. The van der Waals surface area contributed by atoms with E-state index < -0.39 is 17.8 Å². The van der Waals surface area contributed by atoms with Gasteiger partial charge in [-0.05, 0) is 47.0 Å². The second-order valence-electron chi connectivity index (χ2n) is 4.82. The topological polar surface area (TPSA) is 103 Å². The van der Waals surface area contributed by atoms with Gasteiger partial charge in [-0.3, -0.25) is 9.59 Å². The third kappa shape index (κ3) is 4.28. The largest absolute Gasteiger partial charge is 0.481 e. The van der Waals surface area contributed by atoms with Crippen molar-refractivity contribution in [3.63, 3.8) is 0 Å². The average Bonchev–Trinajstić information content (AvgIpc) is 2.58. The first kappa shape index (κ1) is 16.9. The van der Waals surface area contributed by atoms with E-state index in [1.807, 2.05) is 0 Å². The number of rotatable bonds is 6. The van der Waals surface area contributed by atoms with Crippen LogP contribution in [0.5, 0.6) is 0 Å². The van der Waals surface area contributed by atoms with Crippen LogP contribution in [-0.2, 0) is 4.79 Å². The van der Waals surface area contributed by atoms with Crippen LogP contribution in [0.2, 0.25) is 0 Å². The van der Waals surface area contributed by atoms with Crippen molar-refractivity contribution in [1.29, 1.82) is 0 Å². The van der Waals surface area contributed by atoms with Gasteiger partial charge in [-0.1, -0.05) is 35.5 Å². The van der Waals surface area contributed by atoms with Crippen molar-refractivity contribution >= 4 is 17.8 Å². The molecule has 0 saturated carbocycles. The quantitative estimate of drug-likeness (QED) is 0.283. The molecule has 0 saturated heterocycles. The van der Waals surface area contributed by atoms with E-state index in [1.165, 1.54) is 42.5 Å². The number of halogens is 1. The molecule has 0 bridgehead atoms. The standard InChI is InChI=1S/C17H12FN3O3/c18-14-8-6-12(7-9-14)15(22)10-3-11-1-4-13(5-2-11)16(17(23)24)20-21-19/h1-10,16H,(H,23,24). The second kappa shape index (κ2) is 7.71. The van der Waals surface area contributed by atoms with Gasteiger partial charge in [-0.2, -0.15) is 0 Å². The van der Waals surface area contributed by atoms with Crippen molar-refractivity contribution < 1.29 is 19.1 Å². The first-order chi connectivity index (χ1) is 11.5. The highest BCUT2D eigenvalue weighted by Crippen LogP contribution is 2.19.